The minimum Gasteiger partial charge on any atom is -0.458 e. The van der Waals surface area contributed by atoms with E-state index >= 15 is 0 Å². The molecule has 0 radical (unpaired) electrons. The van der Waals surface area contributed by atoms with Crippen molar-refractivity contribution in [3.8, 4) is 0 Å². The number of fused-ring (bicyclic) bond motifs is 2. The van der Waals surface area contributed by atoms with Crippen molar-refractivity contribution < 1.29 is 47.8 Å². The first-order chi connectivity index (χ1) is 22.5. The lowest BCUT2D eigenvalue weighted by Gasteiger charge is -2.58. The predicted octanol–water partition coefficient (Wildman–Crippen LogP) is 4.76. The number of aliphatic hydroxyl groups is 1. The lowest BCUT2D eigenvalue weighted by molar-refractivity contribution is -0.321. The molecule has 0 amide bonds. The largest absolute Gasteiger partial charge is 0.458 e. The quantitative estimate of drug-likeness (QED) is 0.234. The van der Waals surface area contributed by atoms with Crippen LogP contribution in [0.4, 0.5) is 0 Å². The molecule has 0 aromatic rings. The van der Waals surface area contributed by atoms with Crippen LogP contribution in [0.15, 0.2) is 23.3 Å². The number of aliphatic hydroxyl groups excluding tert-OH is 1. The van der Waals surface area contributed by atoms with Gasteiger partial charge in [-0.05, 0) is 88.0 Å². The lowest BCUT2D eigenvalue weighted by Crippen LogP contribution is -2.59. The summed E-state index contributed by atoms with van der Waals surface area (Å²) >= 11 is 0. The maximum Gasteiger partial charge on any atom is 0.331 e. The van der Waals surface area contributed by atoms with Crippen molar-refractivity contribution in [2.24, 2.45) is 22.7 Å². The highest BCUT2D eigenvalue weighted by atomic mass is 16.7. The summed E-state index contributed by atoms with van der Waals surface area (Å²) in [5.74, 6) is 0.906. The highest BCUT2D eigenvalue weighted by molar-refractivity contribution is 5.87. The summed E-state index contributed by atoms with van der Waals surface area (Å²) in [5.41, 5.74) is 2.31. The van der Waals surface area contributed by atoms with Gasteiger partial charge in [-0.2, -0.15) is 0 Å². The second-order valence-electron chi connectivity index (χ2n) is 16.3. The first-order valence-corrected chi connectivity index (χ1v) is 18.1. The zero-order chi connectivity index (χ0) is 32.9. The van der Waals surface area contributed by atoms with Crippen molar-refractivity contribution in [1.29, 1.82) is 0 Å². The SMILES string of the molecule is CO[C@@H]1C[C@H](O[C@@H]2[C@@H](C)O[C@H](O[C@H]3CC[C@@]4(C)[C@H](CC[C@@]56O[C@@]57CC=C(C5=CC(=O)OC5)[C@@]7(C)CC[C@H]46)C3)C[C@H]2OC)O[C@H](C)[C@H]1O. The van der Waals surface area contributed by atoms with Gasteiger partial charge in [-0.1, -0.05) is 19.9 Å². The van der Waals surface area contributed by atoms with Gasteiger partial charge in [0.2, 0.25) is 0 Å². The Hall–Kier alpha value is -1.37. The molecule has 15 atom stereocenters. The zero-order valence-corrected chi connectivity index (χ0v) is 28.9. The van der Waals surface area contributed by atoms with Crippen molar-refractivity contribution in [3.63, 3.8) is 0 Å². The van der Waals surface area contributed by atoms with E-state index in [1.54, 1.807) is 20.3 Å². The molecule has 262 valence electrons. The van der Waals surface area contributed by atoms with Gasteiger partial charge in [0.05, 0.1) is 30.5 Å². The number of rotatable bonds is 7. The van der Waals surface area contributed by atoms with Crippen LogP contribution in [0.1, 0.15) is 91.9 Å². The highest BCUT2D eigenvalue weighted by Gasteiger charge is 2.85. The van der Waals surface area contributed by atoms with E-state index in [0.29, 0.717) is 31.3 Å². The van der Waals surface area contributed by atoms with Gasteiger partial charge in [-0.15, -0.1) is 0 Å². The number of hydrogen-bond acceptors (Lipinski definition) is 10. The molecule has 8 rings (SSSR count). The smallest absolute Gasteiger partial charge is 0.331 e. The molecule has 2 spiro atoms. The van der Waals surface area contributed by atoms with E-state index in [1.807, 2.05) is 13.8 Å². The minimum atomic E-state index is -0.685. The average molecular weight is 659 g/mol. The van der Waals surface area contributed by atoms with Gasteiger partial charge in [-0.25, -0.2) is 4.79 Å². The number of cyclic esters (lactones) is 1. The summed E-state index contributed by atoms with van der Waals surface area (Å²) in [5, 5.41) is 10.4. The Morgan fingerprint density at radius 3 is 2.38 bits per heavy atom. The molecule has 4 aliphatic heterocycles. The van der Waals surface area contributed by atoms with E-state index in [1.165, 1.54) is 5.57 Å². The molecule has 4 aliphatic carbocycles. The summed E-state index contributed by atoms with van der Waals surface area (Å²) in [7, 11) is 3.32. The lowest BCUT2D eigenvalue weighted by atomic mass is 9.44. The number of hydrogen-bond donors (Lipinski definition) is 1. The summed E-state index contributed by atoms with van der Waals surface area (Å²) in [6.45, 7) is 9.17. The van der Waals surface area contributed by atoms with Crippen molar-refractivity contribution in [2.45, 2.75) is 158 Å². The molecule has 0 bridgehead atoms. The Labute approximate surface area is 278 Å². The molecule has 3 saturated heterocycles. The molecule has 8 aliphatic rings. The molecule has 0 aromatic carbocycles. The molecular formula is C37H54O10. The number of carbonyl (C=O) groups excluding carboxylic acids is 1. The molecule has 4 heterocycles. The number of methoxy groups -OCH3 is 2. The van der Waals surface area contributed by atoms with Gasteiger partial charge in [0, 0.05) is 44.1 Å². The maximum atomic E-state index is 11.9. The second-order valence-corrected chi connectivity index (χ2v) is 16.3. The fourth-order valence-electron chi connectivity index (χ4n) is 11.7. The number of carbonyl (C=O) groups is 1. The van der Waals surface area contributed by atoms with Crippen molar-refractivity contribution in [2.75, 3.05) is 20.8 Å². The molecule has 1 N–H and O–H groups in total. The molecule has 10 nitrogen and oxygen atoms in total. The van der Waals surface area contributed by atoms with E-state index in [2.05, 4.69) is 19.9 Å². The van der Waals surface area contributed by atoms with Crippen molar-refractivity contribution in [1.82, 2.24) is 0 Å². The first kappa shape index (κ1) is 32.8. The van der Waals surface area contributed by atoms with Crippen LogP contribution in [0.25, 0.3) is 0 Å². The molecule has 0 unspecified atom stereocenters. The van der Waals surface area contributed by atoms with Crippen LogP contribution in [-0.4, -0.2) is 98.4 Å². The fraction of sp³-hybridized carbons (Fsp3) is 0.865. The van der Waals surface area contributed by atoms with Gasteiger partial charge >= 0.3 is 5.97 Å². The van der Waals surface area contributed by atoms with E-state index in [4.69, 9.17) is 37.9 Å². The van der Waals surface area contributed by atoms with Crippen LogP contribution in [0.5, 0.6) is 0 Å². The number of esters is 1. The minimum absolute atomic E-state index is 0.0601. The summed E-state index contributed by atoms with van der Waals surface area (Å²) < 4.78 is 49.4. The van der Waals surface area contributed by atoms with E-state index in [0.717, 1.165) is 56.9 Å². The predicted molar refractivity (Wildman–Crippen MR) is 169 cm³/mol. The second kappa shape index (κ2) is 11.6. The molecule has 3 saturated carbocycles. The topological polar surface area (TPSA) is 114 Å². The van der Waals surface area contributed by atoms with Crippen LogP contribution >= 0.6 is 0 Å². The van der Waals surface area contributed by atoms with E-state index in [9.17, 15) is 9.90 Å². The molecular weight excluding hydrogens is 604 g/mol. The highest BCUT2D eigenvalue weighted by Crippen LogP contribution is 2.80. The van der Waals surface area contributed by atoms with Crippen molar-refractivity contribution >= 4 is 5.97 Å². The van der Waals surface area contributed by atoms with Crippen LogP contribution in [0, 0.1) is 22.7 Å². The number of epoxide rings is 1. The third kappa shape index (κ3) is 4.83. The van der Waals surface area contributed by atoms with Gasteiger partial charge < -0.3 is 43.0 Å². The van der Waals surface area contributed by atoms with E-state index in [-0.39, 0.29) is 70.9 Å². The van der Waals surface area contributed by atoms with Crippen LogP contribution in [-0.2, 0) is 42.7 Å². The van der Waals surface area contributed by atoms with Crippen LogP contribution < -0.4 is 0 Å². The summed E-state index contributed by atoms with van der Waals surface area (Å²) in [4.78, 5) is 11.9. The van der Waals surface area contributed by atoms with Gasteiger partial charge in [0.1, 0.15) is 30.0 Å². The van der Waals surface area contributed by atoms with E-state index < -0.39 is 12.4 Å². The fourth-order valence-corrected chi connectivity index (χ4v) is 11.7. The molecule has 0 aromatic heterocycles. The third-order valence-electron chi connectivity index (χ3n) is 14.3. The Balaban J connectivity index is 0.896. The Bertz CT molecular complexity index is 1320. The van der Waals surface area contributed by atoms with Gasteiger partial charge in [0.25, 0.3) is 0 Å². The molecule has 10 heteroatoms. The Kier molecular flexibility index (Phi) is 8.09. The first-order valence-electron chi connectivity index (χ1n) is 18.1. The molecule has 6 fully saturated rings. The van der Waals surface area contributed by atoms with Gasteiger partial charge in [0.15, 0.2) is 12.6 Å². The standard InChI is InChI=1S/C37H54O10/c1-20-32(39)26(40-5)17-31(43-20)46-33-21(2)44-30(18-27(33)41-6)45-24-8-11-34(3)23(16-24)7-13-36-28(34)10-12-35(4)25(9-14-37(35,36)47-36)22-15-29(38)42-19-22/h9,15,20-21,23-24,26-28,30-33,39H,7-8,10-14,16-19H2,1-6H3/t20-,21-,23-,24+,26-,27-,28-,30-,31+,32-,33-,34+,35-,36+,37-/m1/s1. The number of ether oxygens (including phenoxy) is 8. The Morgan fingerprint density at radius 2 is 1.64 bits per heavy atom. The molecule has 47 heavy (non-hydrogen) atoms. The van der Waals surface area contributed by atoms with Crippen LogP contribution in [0.2, 0.25) is 0 Å². The van der Waals surface area contributed by atoms with Gasteiger partial charge in [-0.3, -0.25) is 0 Å². The maximum absolute atomic E-state index is 11.9. The average Bonchev–Trinajstić information content (AvgIpc) is 3.36. The normalized spacial score (nSPS) is 53.6. The zero-order valence-electron chi connectivity index (χ0n) is 28.9. The summed E-state index contributed by atoms with van der Waals surface area (Å²) in [6, 6.07) is 0. The van der Waals surface area contributed by atoms with Crippen LogP contribution in [0.3, 0.4) is 0 Å². The summed E-state index contributed by atoms with van der Waals surface area (Å²) in [6.07, 6.45) is 10.8. The monoisotopic (exact) mass is 658 g/mol. The third-order valence-corrected chi connectivity index (χ3v) is 14.3. The van der Waals surface area contributed by atoms with Crippen molar-refractivity contribution in [3.05, 3.63) is 23.3 Å². The Morgan fingerprint density at radius 1 is 0.894 bits per heavy atom.